The standard InChI is InChI=1S/C28H25N5O2S2/c1-18-31-25(16-36-18)21-7-9-22(10-8-21)27(26-17-37-19(2)32-26)35-33-28(34)23-5-3-4-6-24(23)30-15-20-11-13-29-14-12-20/h3-14,16-17,27,30H,15H2,1-2H3,(H,33,34). The van der Waals surface area contributed by atoms with E-state index < -0.39 is 6.10 Å². The minimum absolute atomic E-state index is 0.343. The maximum atomic E-state index is 13.2. The molecule has 3 aromatic heterocycles. The molecule has 0 saturated heterocycles. The van der Waals surface area contributed by atoms with Crippen LogP contribution in [0.3, 0.4) is 0 Å². The van der Waals surface area contributed by atoms with Gasteiger partial charge in [0, 0.05) is 40.9 Å². The summed E-state index contributed by atoms with van der Waals surface area (Å²) in [6.07, 6.45) is 2.93. The summed E-state index contributed by atoms with van der Waals surface area (Å²) < 4.78 is 0. The fourth-order valence-corrected chi connectivity index (χ4v) is 5.07. The number of pyridine rings is 1. The molecule has 0 fully saturated rings. The second-order valence-electron chi connectivity index (χ2n) is 8.35. The van der Waals surface area contributed by atoms with Crippen LogP contribution in [0.4, 0.5) is 5.69 Å². The first kappa shape index (κ1) is 24.8. The third kappa shape index (κ3) is 6.08. The van der Waals surface area contributed by atoms with Crippen molar-refractivity contribution in [3.8, 4) is 11.3 Å². The van der Waals surface area contributed by atoms with Gasteiger partial charge in [-0.25, -0.2) is 15.4 Å². The number of rotatable bonds is 9. The number of benzene rings is 2. The zero-order valence-electron chi connectivity index (χ0n) is 20.3. The molecule has 3 heterocycles. The van der Waals surface area contributed by atoms with E-state index in [-0.39, 0.29) is 5.91 Å². The van der Waals surface area contributed by atoms with E-state index in [0.717, 1.165) is 38.1 Å². The Balaban J connectivity index is 1.33. The fourth-order valence-electron chi connectivity index (χ4n) is 3.83. The number of nitrogens with one attached hydrogen (secondary N) is 2. The minimum Gasteiger partial charge on any atom is -0.380 e. The number of para-hydroxylation sites is 1. The van der Waals surface area contributed by atoms with E-state index in [9.17, 15) is 4.79 Å². The van der Waals surface area contributed by atoms with E-state index in [1.165, 1.54) is 0 Å². The normalized spacial score (nSPS) is 11.7. The molecular weight excluding hydrogens is 502 g/mol. The van der Waals surface area contributed by atoms with Crippen molar-refractivity contribution >= 4 is 34.3 Å². The summed E-state index contributed by atoms with van der Waals surface area (Å²) in [4.78, 5) is 32.4. The molecule has 9 heteroatoms. The Bertz CT molecular complexity index is 1480. The van der Waals surface area contributed by atoms with E-state index in [1.807, 2.05) is 79.2 Å². The third-order valence-electron chi connectivity index (χ3n) is 5.71. The van der Waals surface area contributed by atoms with Gasteiger partial charge in [0.1, 0.15) is 0 Å². The van der Waals surface area contributed by atoms with Crippen LogP contribution >= 0.6 is 22.7 Å². The van der Waals surface area contributed by atoms with Crippen LogP contribution in [-0.4, -0.2) is 20.9 Å². The molecule has 0 aliphatic carbocycles. The molecule has 1 unspecified atom stereocenters. The van der Waals surface area contributed by atoms with Crippen molar-refractivity contribution in [3.63, 3.8) is 0 Å². The SMILES string of the molecule is Cc1nc(-c2ccc(C(ONC(=O)c3ccccc3NCc3ccncc3)c3csc(C)n3)cc2)cs1. The molecule has 2 aromatic carbocycles. The molecule has 0 aliphatic rings. The van der Waals surface area contributed by atoms with E-state index in [2.05, 4.69) is 25.7 Å². The summed E-state index contributed by atoms with van der Waals surface area (Å²) in [5.74, 6) is -0.343. The first-order valence-corrected chi connectivity index (χ1v) is 13.4. The van der Waals surface area contributed by atoms with Gasteiger partial charge >= 0.3 is 0 Å². The molecule has 0 aliphatic heterocycles. The van der Waals surface area contributed by atoms with Gasteiger partial charge in [0.15, 0.2) is 6.10 Å². The van der Waals surface area contributed by atoms with E-state index in [1.54, 1.807) is 41.1 Å². The molecule has 7 nitrogen and oxygen atoms in total. The van der Waals surface area contributed by atoms with Crippen molar-refractivity contribution in [2.24, 2.45) is 0 Å². The molecule has 0 spiro atoms. The topological polar surface area (TPSA) is 89.0 Å². The predicted molar refractivity (Wildman–Crippen MR) is 148 cm³/mol. The lowest BCUT2D eigenvalue weighted by Crippen LogP contribution is -2.27. The Morgan fingerprint density at radius 2 is 1.65 bits per heavy atom. The predicted octanol–water partition coefficient (Wildman–Crippen LogP) is 6.34. The van der Waals surface area contributed by atoms with Gasteiger partial charge in [0.25, 0.3) is 5.91 Å². The molecular formula is C28H25N5O2S2. The lowest BCUT2D eigenvalue weighted by Gasteiger charge is -2.18. The molecule has 37 heavy (non-hydrogen) atoms. The summed E-state index contributed by atoms with van der Waals surface area (Å²) in [7, 11) is 0. The molecule has 0 radical (unpaired) electrons. The average Bonchev–Trinajstić information content (AvgIpc) is 3.57. The van der Waals surface area contributed by atoms with Crippen LogP contribution in [0.5, 0.6) is 0 Å². The van der Waals surface area contributed by atoms with Gasteiger partial charge in [0.2, 0.25) is 0 Å². The minimum atomic E-state index is -0.558. The van der Waals surface area contributed by atoms with Crippen molar-refractivity contribution in [1.29, 1.82) is 0 Å². The zero-order valence-corrected chi connectivity index (χ0v) is 22.0. The molecule has 5 aromatic rings. The summed E-state index contributed by atoms with van der Waals surface area (Å²) >= 11 is 3.16. The fraction of sp³-hybridized carbons (Fsp3) is 0.143. The highest BCUT2D eigenvalue weighted by atomic mass is 32.1. The van der Waals surface area contributed by atoms with Crippen LogP contribution in [0.25, 0.3) is 11.3 Å². The van der Waals surface area contributed by atoms with Crippen molar-refractivity contribution in [2.75, 3.05) is 5.32 Å². The van der Waals surface area contributed by atoms with Gasteiger partial charge in [-0.1, -0.05) is 36.4 Å². The van der Waals surface area contributed by atoms with E-state index >= 15 is 0 Å². The van der Waals surface area contributed by atoms with E-state index in [0.29, 0.717) is 17.8 Å². The lowest BCUT2D eigenvalue weighted by atomic mass is 10.0. The number of aryl methyl sites for hydroxylation is 2. The van der Waals surface area contributed by atoms with Crippen molar-refractivity contribution in [2.45, 2.75) is 26.5 Å². The molecule has 0 bridgehead atoms. The number of nitrogens with zero attached hydrogens (tertiary/aromatic N) is 3. The van der Waals surface area contributed by atoms with Crippen LogP contribution in [0, 0.1) is 13.8 Å². The maximum absolute atomic E-state index is 13.2. The summed E-state index contributed by atoms with van der Waals surface area (Å²) in [6.45, 7) is 4.51. The van der Waals surface area contributed by atoms with Gasteiger partial charge in [-0.05, 0) is 49.2 Å². The van der Waals surface area contributed by atoms with E-state index in [4.69, 9.17) is 4.84 Å². The number of hydroxylamine groups is 1. The monoisotopic (exact) mass is 527 g/mol. The number of anilines is 1. The Morgan fingerprint density at radius 1 is 0.919 bits per heavy atom. The molecule has 5 rings (SSSR count). The smallest absolute Gasteiger partial charge is 0.276 e. The van der Waals surface area contributed by atoms with Crippen LogP contribution in [0.1, 0.15) is 43.3 Å². The highest BCUT2D eigenvalue weighted by Crippen LogP contribution is 2.29. The zero-order chi connectivity index (χ0) is 25.6. The van der Waals surface area contributed by atoms with Gasteiger partial charge in [-0.3, -0.25) is 14.6 Å². The number of hydrogen-bond donors (Lipinski definition) is 2. The Hall–Kier alpha value is -3.92. The largest absolute Gasteiger partial charge is 0.380 e. The van der Waals surface area contributed by atoms with Gasteiger partial charge in [-0.15, -0.1) is 22.7 Å². The van der Waals surface area contributed by atoms with Crippen LogP contribution in [-0.2, 0) is 11.4 Å². The first-order chi connectivity index (χ1) is 18.1. The average molecular weight is 528 g/mol. The van der Waals surface area contributed by atoms with Crippen molar-refractivity contribution in [3.05, 3.63) is 116 Å². The van der Waals surface area contributed by atoms with Crippen LogP contribution in [0.2, 0.25) is 0 Å². The van der Waals surface area contributed by atoms with Gasteiger partial charge in [0.05, 0.1) is 27.0 Å². The number of carbonyl (C=O) groups is 1. The highest BCUT2D eigenvalue weighted by molar-refractivity contribution is 7.10. The van der Waals surface area contributed by atoms with Gasteiger partial charge in [-0.2, -0.15) is 0 Å². The summed E-state index contributed by atoms with van der Waals surface area (Å²) in [5.41, 5.74) is 8.51. The Labute approximate surface area is 223 Å². The van der Waals surface area contributed by atoms with Crippen molar-refractivity contribution < 1.29 is 9.63 Å². The number of carbonyl (C=O) groups excluding carboxylic acids is 1. The van der Waals surface area contributed by atoms with Crippen LogP contribution in [0.15, 0.2) is 83.8 Å². The van der Waals surface area contributed by atoms with Crippen molar-refractivity contribution in [1.82, 2.24) is 20.4 Å². The number of aromatic nitrogens is 3. The number of amides is 1. The number of hydrogen-bond acceptors (Lipinski definition) is 8. The summed E-state index contributed by atoms with van der Waals surface area (Å²) in [6, 6.07) is 19.2. The Kier molecular flexibility index (Phi) is 7.65. The first-order valence-electron chi connectivity index (χ1n) is 11.7. The van der Waals surface area contributed by atoms with Gasteiger partial charge < -0.3 is 5.32 Å². The second-order valence-corrected chi connectivity index (χ2v) is 10.5. The number of thiazole rings is 2. The molecule has 186 valence electrons. The molecule has 0 saturated carbocycles. The second kappa shape index (κ2) is 11.4. The maximum Gasteiger partial charge on any atom is 0.276 e. The molecule has 2 N–H and O–H groups in total. The van der Waals surface area contributed by atoms with Crippen LogP contribution < -0.4 is 10.8 Å². The third-order valence-corrected chi connectivity index (χ3v) is 7.27. The summed E-state index contributed by atoms with van der Waals surface area (Å²) in [5, 5.41) is 9.28. The molecule has 1 amide bonds. The quantitative estimate of drug-likeness (QED) is 0.217. The lowest BCUT2D eigenvalue weighted by molar-refractivity contribution is -0.000950. The molecule has 1 atom stereocenters. The Morgan fingerprint density at radius 3 is 2.35 bits per heavy atom. The highest BCUT2D eigenvalue weighted by Gasteiger charge is 2.21.